The summed E-state index contributed by atoms with van der Waals surface area (Å²) in [5.74, 6) is 0.0448. The molecule has 1 aliphatic rings. The van der Waals surface area contributed by atoms with Gasteiger partial charge in [-0.15, -0.1) is 0 Å². The van der Waals surface area contributed by atoms with E-state index in [4.69, 9.17) is 9.15 Å². The molecule has 0 spiro atoms. The van der Waals surface area contributed by atoms with Gasteiger partial charge in [-0.2, -0.15) is 0 Å². The molecule has 0 atom stereocenters. The summed E-state index contributed by atoms with van der Waals surface area (Å²) in [5, 5.41) is 14.5. The molecule has 1 aliphatic heterocycles. The molecule has 0 bridgehead atoms. The third-order valence-corrected chi connectivity index (χ3v) is 6.68. The van der Waals surface area contributed by atoms with Crippen LogP contribution in [0.1, 0.15) is 22.8 Å². The Morgan fingerprint density at radius 1 is 1.14 bits per heavy atom. The van der Waals surface area contributed by atoms with E-state index in [1.807, 2.05) is 17.0 Å². The summed E-state index contributed by atoms with van der Waals surface area (Å²) in [7, 11) is 0. The van der Waals surface area contributed by atoms with Gasteiger partial charge in [0, 0.05) is 36.0 Å². The summed E-state index contributed by atoms with van der Waals surface area (Å²) < 4.78 is 12.1. The van der Waals surface area contributed by atoms with Crippen LogP contribution < -0.4 is 10.2 Å². The number of halogens is 1. The number of aromatic nitrogens is 1. The SMILES string of the molecule is CCc1cc(Br)c2oc(-c3ccc(NC(=O)c4ccc(N5CCOCC5)c([N+](=O)[O-])c4)cc3)nc2c1. The molecule has 3 aromatic carbocycles. The number of ether oxygens (including phenoxy) is 1. The molecule has 4 aromatic rings. The predicted molar refractivity (Wildman–Crippen MR) is 141 cm³/mol. The summed E-state index contributed by atoms with van der Waals surface area (Å²) >= 11 is 3.54. The van der Waals surface area contributed by atoms with Crippen LogP contribution in [0.4, 0.5) is 17.1 Å². The van der Waals surface area contributed by atoms with Crippen molar-refractivity contribution >= 4 is 50.0 Å². The van der Waals surface area contributed by atoms with Crippen LogP contribution >= 0.6 is 15.9 Å². The van der Waals surface area contributed by atoms with E-state index in [0.717, 1.165) is 27.5 Å². The highest BCUT2D eigenvalue weighted by molar-refractivity contribution is 9.10. The van der Waals surface area contributed by atoms with Crippen LogP contribution in [0.25, 0.3) is 22.6 Å². The predicted octanol–water partition coefficient (Wildman–Crippen LogP) is 5.82. The van der Waals surface area contributed by atoms with E-state index < -0.39 is 10.8 Å². The Bertz CT molecular complexity index is 1440. The van der Waals surface area contributed by atoms with E-state index in [9.17, 15) is 14.9 Å². The van der Waals surface area contributed by atoms with Crippen LogP contribution in [-0.4, -0.2) is 42.1 Å². The lowest BCUT2D eigenvalue weighted by Gasteiger charge is -2.28. The fourth-order valence-corrected chi connectivity index (χ4v) is 4.73. The molecular formula is C26H23BrN4O5. The number of amides is 1. The number of rotatable bonds is 6. The molecule has 0 radical (unpaired) electrons. The number of nitro benzene ring substituents is 1. The minimum Gasteiger partial charge on any atom is -0.435 e. The van der Waals surface area contributed by atoms with E-state index in [2.05, 4.69) is 33.2 Å². The van der Waals surface area contributed by atoms with Crippen molar-refractivity contribution in [1.29, 1.82) is 0 Å². The van der Waals surface area contributed by atoms with Crippen molar-refractivity contribution in [2.24, 2.45) is 0 Å². The Morgan fingerprint density at radius 2 is 1.89 bits per heavy atom. The number of oxazole rings is 1. The number of benzene rings is 3. The Balaban J connectivity index is 1.34. The van der Waals surface area contributed by atoms with Gasteiger partial charge < -0.3 is 19.4 Å². The zero-order valence-corrected chi connectivity index (χ0v) is 21.1. The van der Waals surface area contributed by atoms with Crippen molar-refractivity contribution in [3.8, 4) is 11.5 Å². The maximum absolute atomic E-state index is 12.8. The number of anilines is 2. The average Bonchev–Trinajstić information content (AvgIpc) is 3.34. The number of aryl methyl sites for hydroxylation is 1. The number of hydrogen-bond acceptors (Lipinski definition) is 7. The minimum absolute atomic E-state index is 0.103. The molecule has 10 heteroatoms. The first-order chi connectivity index (χ1) is 17.4. The number of carbonyl (C=O) groups excluding carboxylic acids is 1. The van der Waals surface area contributed by atoms with Crippen molar-refractivity contribution < 1.29 is 18.9 Å². The normalized spacial score (nSPS) is 13.7. The fourth-order valence-electron chi connectivity index (χ4n) is 4.16. The van der Waals surface area contributed by atoms with Crippen molar-refractivity contribution in [2.45, 2.75) is 13.3 Å². The Kier molecular flexibility index (Phi) is 6.71. The Morgan fingerprint density at radius 3 is 2.58 bits per heavy atom. The lowest BCUT2D eigenvalue weighted by Crippen LogP contribution is -2.36. The molecule has 36 heavy (non-hydrogen) atoms. The topological polar surface area (TPSA) is 111 Å². The average molecular weight is 551 g/mol. The molecule has 184 valence electrons. The first-order valence-electron chi connectivity index (χ1n) is 11.5. The molecule has 9 nitrogen and oxygen atoms in total. The highest BCUT2D eigenvalue weighted by Gasteiger charge is 2.23. The maximum Gasteiger partial charge on any atom is 0.293 e. The van der Waals surface area contributed by atoms with Crippen LogP contribution in [0, 0.1) is 10.1 Å². The highest BCUT2D eigenvalue weighted by atomic mass is 79.9. The minimum atomic E-state index is -0.460. The van der Waals surface area contributed by atoms with Crippen molar-refractivity contribution in [1.82, 2.24) is 4.98 Å². The number of hydrogen-bond donors (Lipinski definition) is 1. The van der Waals surface area contributed by atoms with E-state index in [0.29, 0.717) is 49.2 Å². The smallest absolute Gasteiger partial charge is 0.293 e. The standard InChI is InChI=1S/C26H23BrN4O5/c1-2-16-13-20(27)24-21(14-16)29-26(36-24)17-3-6-19(7-4-17)28-25(32)18-5-8-22(23(15-18)31(33)34)30-9-11-35-12-10-30/h3-8,13-15H,2,9-12H2,1H3,(H,28,32). The van der Waals surface area contributed by atoms with Gasteiger partial charge in [-0.25, -0.2) is 4.98 Å². The van der Waals surface area contributed by atoms with Crippen molar-refractivity contribution in [3.63, 3.8) is 0 Å². The molecule has 1 N–H and O–H groups in total. The number of fused-ring (bicyclic) bond motifs is 1. The van der Waals surface area contributed by atoms with Crippen molar-refractivity contribution in [3.05, 3.63) is 80.3 Å². The molecule has 0 saturated carbocycles. The second-order valence-corrected chi connectivity index (χ2v) is 9.24. The molecule has 2 heterocycles. The zero-order valence-electron chi connectivity index (χ0n) is 19.5. The number of nitrogens with zero attached hydrogens (tertiary/aromatic N) is 3. The number of carbonyl (C=O) groups is 1. The summed E-state index contributed by atoms with van der Waals surface area (Å²) in [5.41, 5.74) is 4.52. The molecule has 1 fully saturated rings. The fraction of sp³-hybridized carbons (Fsp3) is 0.231. The second kappa shape index (κ2) is 10.1. The Hall–Kier alpha value is -3.76. The first kappa shape index (κ1) is 24.0. The van der Waals surface area contributed by atoms with Gasteiger partial charge in [0.25, 0.3) is 11.6 Å². The molecule has 0 aliphatic carbocycles. The second-order valence-electron chi connectivity index (χ2n) is 8.39. The van der Waals surface area contributed by atoms with Gasteiger partial charge in [0.15, 0.2) is 5.58 Å². The van der Waals surface area contributed by atoms with Gasteiger partial charge in [0.05, 0.1) is 22.6 Å². The van der Waals surface area contributed by atoms with Gasteiger partial charge in [-0.05, 0) is 76.4 Å². The van der Waals surface area contributed by atoms with Gasteiger partial charge in [-0.3, -0.25) is 14.9 Å². The van der Waals surface area contributed by atoms with Crippen LogP contribution in [0.5, 0.6) is 0 Å². The van der Waals surface area contributed by atoms with Gasteiger partial charge in [-0.1, -0.05) is 6.92 Å². The quantitative estimate of drug-likeness (QED) is 0.238. The molecule has 5 rings (SSSR count). The van der Waals surface area contributed by atoms with Crippen LogP contribution in [-0.2, 0) is 11.2 Å². The van der Waals surface area contributed by atoms with E-state index in [-0.39, 0.29) is 11.3 Å². The largest absolute Gasteiger partial charge is 0.435 e. The monoisotopic (exact) mass is 550 g/mol. The van der Waals surface area contributed by atoms with Crippen LogP contribution in [0.2, 0.25) is 0 Å². The van der Waals surface area contributed by atoms with Crippen LogP contribution in [0.3, 0.4) is 0 Å². The van der Waals surface area contributed by atoms with Gasteiger partial charge >= 0.3 is 0 Å². The molecule has 1 saturated heterocycles. The molecule has 1 amide bonds. The van der Waals surface area contributed by atoms with Crippen molar-refractivity contribution in [2.75, 3.05) is 36.5 Å². The molecular weight excluding hydrogens is 528 g/mol. The summed E-state index contributed by atoms with van der Waals surface area (Å²) in [6.45, 7) is 4.23. The highest BCUT2D eigenvalue weighted by Crippen LogP contribution is 2.32. The zero-order chi connectivity index (χ0) is 25.2. The van der Waals surface area contributed by atoms with E-state index in [1.165, 1.54) is 6.07 Å². The van der Waals surface area contributed by atoms with E-state index >= 15 is 0 Å². The van der Waals surface area contributed by atoms with Gasteiger partial charge in [0.1, 0.15) is 11.2 Å². The van der Waals surface area contributed by atoms with E-state index in [1.54, 1.807) is 36.4 Å². The number of nitro groups is 1. The van der Waals surface area contributed by atoms with Crippen LogP contribution in [0.15, 0.2) is 63.5 Å². The molecule has 1 aromatic heterocycles. The third kappa shape index (κ3) is 4.82. The summed E-state index contributed by atoms with van der Waals surface area (Å²) in [6.07, 6.45) is 0.893. The summed E-state index contributed by atoms with van der Waals surface area (Å²) in [6, 6.07) is 15.7. The van der Waals surface area contributed by atoms with Gasteiger partial charge in [0.2, 0.25) is 5.89 Å². The lowest BCUT2D eigenvalue weighted by atomic mass is 10.1. The lowest BCUT2D eigenvalue weighted by molar-refractivity contribution is -0.384. The summed E-state index contributed by atoms with van der Waals surface area (Å²) in [4.78, 5) is 30.6. The third-order valence-electron chi connectivity index (χ3n) is 6.09. The number of morpholine rings is 1. The number of nitrogens with one attached hydrogen (secondary N) is 1. The first-order valence-corrected chi connectivity index (χ1v) is 12.3. The molecule has 0 unspecified atom stereocenters. The maximum atomic E-state index is 12.8. The Labute approximate surface area is 215 Å².